The minimum absolute atomic E-state index is 0.000838. The first-order valence-corrected chi connectivity index (χ1v) is 5.62. The molecule has 0 saturated heterocycles. The molecule has 0 fully saturated rings. The summed E-state index contributed by atoms with van der Waals surface area (Å²) < 4.78 is 24.6. The Morgan fingerprint density at radius 3 is 2.06 bits per heavy atom. The van der Waals surface area contributed by atoms with Gasteiger partial charge in [-0.1, -0.05) is 44.5 Å². The van der Waals surface area contributed by atoms with Crippen LogP contribution in [-0.4, -0.2) is 5.11 Å². The number of aliphatic hydroxyl groups is 1. The summed E-state index contributed by atoms with van der Waals surface area (Å²) in [5.74, 6) is 0.155. The van der Waals surface area contributed by atoms with Crippen LogP contribution in [0.1, 0.15) is 50.3 Å². The summed E-state index contributed by atoms with van der Waals surface area (Å²) in [7, 11) is 0. The van der Waals surface area contributed by atoms with Gasteiger partial charge in [0.05, 0.1) is 6.10 Å². The monoisotopic (exact) mass is 228 g/mol. The lowest BCUT2D eigenvalue weighted by atomic mass is 9.93. The van der Waals surface area contributed by atoms with Crippen LogP contribution in [0.25, 0.3) is 0 Å². The van der Waals surface area contributed by atoms with Crippen molar-refractivity contribution in [2.24, 2.45) is 5.92 Å². The minimum Gasteiger partial charge on any atom is -0.388 e. The topological polar surface area (TPSA) is 20.2 Å². The van der Waals surface area contributed by atoms with E-state index in [-0.39, 0.29) is 11.5 Å². The van der Waals surface area contributed by atoms with Crippen molar-refractivity contribution in [3.05, 3.63) is 35.4 Å². The van der Waals surface area contributed by atoms with Crippen molar-refractivity contribution in [1.82, 2.24) is 0 Å². The van der Waals surface area contributed by atoms with E-state index in [4.69, 9.17) is 0 Å². The molecule has 90 valence electrons. The van der Waals surface area contributed by atoms with Crippen LogP contribution in [0.5, 0.6) is 0 Å². The molecular formula is C13H18F2O. The van der Waals surface area contributed by atoms with Crippen molar-refractivity contribution in [2.75, 3.05) is 0 Å². The van der Waals surface area contributed by atoms with Gasteiger partial charge in [0.2, 0.25) is 0 Å². The second kappa shape index (κ2) is 5.94. The highest BCUT2D eigenvalue weighted by Gasteiger charge is 2.16. The molecule has 0 spiro atoms. The van der Waals surface area contributed by atoms with Gasteiger partial charge in [-0.25, -0.2) is 8.78 Å². The second-order valence-electron chi connectivity index (χ2n) is 4.18. The van der Waals surface area contributed by atoms with Crippen molar-refractivity contribution in [3.63, 3.8) is 0 Å². The van der Waals surface area contributed by atoms with E-state index >= 15 is 0 Å². The van der Waals surface area contributed by atoms with E-state index in [1.165, 1.54) is 12.1 Å². The summed E-state index contributed by atoms with van der Waals surface area (Å²) in [5.41, 5.74) is 0.712. The Kier molecular flexibility index (Phi) is 4.87. The summed E-state index contributed by atoms with van der Waals surface area (Å²) in [6.45, 7) is 4.03. The summed E-state index contributed by atoms with van der Waals surface area (Å²) in [4.78, 5) is 0. The number of aliphatic hydroxyl groups excluding tert-OH is 1. The van der Waals surface area contributed by atoms with Crippen molar-refractivity contribution in [3.8, 4) is 0 Å². The number of hydrogen-bond donors (Lipinski definition) is 1. The van der Waals surface area contributed by atoms with Crippen LogP contribution in [0.3, 0.4) is 0 Å². The molecule has 0 aliphatic carbocycles. The van der Waals surface area contributed by atoms with E-state index in [0.717, 1.165) is 12.8 Å². The lowest BCUT2D eigenvalue weighted by Crippen LogP contribution is -2.08. The minimum atomic E-state index is -2.45. The molecule has 0 aliphatic heterocycles. The van der Waals surface area contributed by atoms with Crippen LogP contribution in [-0.2, 0) is 0 Å². The quantitative estimate of drug-likeness (QED) is 0.804. The molecule has 1 N–H and O–H groups in total. The molecule has 1 aromatic rings. The van der Waals surface area contributed by atoms with Gasteiger partial charge in [0.15, 0.2) is 0 Å². The fourth-order valence-electron chi connectivity index (χ4n) is 1.78. The molecule has 2 unspecified atom stereocenters. The maximum absolute atomic E-state index is 12.3. The van der Waals surface area contributed by atoms with E-state index < -0.39 is 12.5 Å². The van der Waals surface area contributed by atoms with Crippen molar-refractivity contribution >= 4 is 0 Å². The zero-order valence-corrected chi connectivity index (χ0v) is 9.66. The molecule has 1 nitrogen and oxygen atoms in total. The van der Waals surface area contributed by atoms with Crippen LogP contribution in [0, 0.1) is 5.92 Å². The summed E-state index contributed by atoms with van der Waals surface area (Å²) in [6, 6.07) is 5.92. The lowest BCUT2D eigenvalue weighted by Gasteiger charge is -2.18. The van der Waals surface area contributed by atoms with Gasteiger partial charge in [0.1, 0.15) is 0 Å². The lowest BCUT2D eigenvalue weighted by molar-refractivity contribution is 0.112. The number of hydrogen-bond acceptors (Lipinski definition) is 1. The average molecular weight is 228 g/mol. The van der Waals surface area contributed by atoms with Crippen molar-refractivity contribution in [2.45, 2.75) is 39.2 Å². The van der Waals surface area contributed by atoms with Gasteiger partial charge in [-0.2, -0.15) is 0 Å². The second-order valence-corrected chi connectivity index (χ2v) is 4.18. The SMILES string of the molecule is CCCC(C)C(O)c1ccc(C(F)F)cc1. The molecule has 2 atom stereocenters. The van der Waals surface area contributed by atoms with E-state index in [1.54, 1.807) is 12.1 Å². The van der Waals surface area contributed by atoms with E-state index in [9.17, 15) is 13.9 Å². The van der Waals surface area contributed by atoms with Gasteiger partial charge in [-0.15, -0.1) is 0 Å². The molecule has 1 aromatic carbocycles. The zero-order chi connectivity index (χ0) is 12.1. The summed E-state index contributed by atoms with van der Waals surface area (Å²) in [6.07, 6.45) is -1.07. The highest BCUT2D eigenvalue weighted by Crippen LogP contribution is 2.27. The van der Waals surface area contributed by atoms with Gasteiger partial charge in [0.25, 0.3) is 6.43 Å². The number of halogens is 2. The zero-order valence-electron chi connectivity index (χ0n) is 9.66. The van der Waals surface area contributed by atoms with Crippen LogP contribution >= 0.6 is 0 Å². The van der Waals surface area contributed by atoms with Crippen LogP contribution in [0.15, 0.2) is 24.3 Å². The fourth-order valence-corrected chi connectivity index (χ4v) is 1.78. The van der Waals surface area contributed by atoms with E-state index in [1.807, 2.05) is 6.92 Å². The molecule has 0 radical (unpaired) electrons. The van der Waals surface area contributed by atoms with Gasteiger partial charge in [0, 0.05) is 5.56 Å². The Bertz CT molecular complexity index is 308. The van der Waals surface area contributed by atoms with Gasteiger partial charge in [-0.05, 0) is 17.9 Å². The first-order chi connectivity index (χ1) is 7.56. The third-order valence-electron chi connectivity index (χ3n) is 2.81. The molecule has 0 aromatic heterocycles. The van der Waals surface area contributed by atoms with Crippen LogP contribution < -0.4 is 0 Å². The summed E-state index contributed by atoms with van der Waals surface area (Å²) >= 11 is 0. The van der Waals surface area contributed by atoms with Crippen LogP contribution in [0.4, 0.5) is 8.78 Å². The molecular weight excluding hydrogens is 210 g/mol. The smallest absolute Gasteiger partial charge is 0.263 e. The average Bonchev–Trinajstić information content (AvgIpc) is 2.28. The molecule has 1 rings (SSSR count). The Hall–Kier alpha value is -0.960. The molecule has 0 amide bonds. The molecule has 0 heterocycles. The van der Waals surface area contributed by atoms with Gasteiger partial charge < -0.3 is 5.11 Å². The van der Waals surface area contributed by atoms with E-state index in [0.29, 0.717) is 5.56 Å². The fraction of sp³-hybridized carbons (Fsp3) is 0.538. The molecule has 3 heteroatoms. The molecule has 0 saturated carbocycles. The van der Waals surface area contributed by atoms with Gasteiger partial charge >= 0.3 is 0 Å². The predicted molar refractivity (Wildman–Crippen MR) is 60.4 cm³/mol. The Balaban J connectivity index is 2.73. The molecule has 0 bridgehead atoms. The maximum atomic E-state index is 12.3. The third-order valence-corrected chi connectivity index (χ3v) is 2.81. The maximum Gasteiger partial charge on any atom is 0.263 e. The number of alkyl halides is 2. The Morgan fingerprint density at radius 1 is 1.12 bits per heavy atom. The highest BCUT2D eigenvalue weighted by molar-refractivity contribution is 5.25. The largest absolute Gasteiger partial charge is 0.388 e. The third kappa shape index (κ3) is 3.27. The van der Waals surface area contributed by atoms with Gasteiger partial charge in [-0.3, -0.25) is 0 Å². The first kappa shape index (κ1) is 13.1. The highest BCUT2D eigenvalue weighted by atomic mass is 19.3. The van der Waals surface area contributed by atoms with Crippen molar-refractivity contribution < 1.29 is 13.9 Å². The molecule has 0 aliphatic rings. The number of benzene rings is 1. The normalized spacial score (nSPS) is 15.1. The van der Waals surface area contributed by atoms with Crippen LogP contribution in [0.2, 0.25) is 0 Å². The van der Waals surface area contributed by atoms with E-state index in [2.05, 4.69) is 6.92 Å². The first-order valence-electron chi connectivity index (χ1n) is 5.62. The predicted octanol–water partition coefficient (Wildman–Crippen LogP) is 4.09. The summed E-state index contributed by atoms with van der Waals surface area (Å²) in [5, 5.41) is 9.96. The van der Waals surface area contributed by atoms with Crippen molar-refractivity contribution in [1.29, 1.82) is 0 Å². The molecule has 16 heavy (non-hydrogen) atoms. The number of rotatable bonds is 5. The Morgan fingerprint density at radius 2 is 1.62 bits per heavy atom. The standard InChI is InChI=1S/C13H18F2O/c1-3-4-9(2)12(16)10-5-7-11(8-6-10)13(14)15/h5-9,12-13,16H,3-4H2,1-2H3. The Labute approximate surface area is 95.1 Å².